The molecule has 27 heavy (non-hydrogen) atoms. The smallest absolute Gasteiger partial charge is 0.258 e. The van der Waals surface area contributed by atoms with Gasteiger partial charge < -0.3 is 9.67 Å². The zero-order chi connectivity index (χ0) is 19.6. The summed E-state index contributed by atoms with van der Waals surface area (Å²) in [5, 5.41) is 10.1. The number of rotatable bonds is 6. The zero-order valence-electron chi connectivity index (χ0n) is 15.5. The molecular weight excluding hydrogens is 362 g/mol. The van der Waals surface area contributed by atoms with Crippen LogP contribution in [0.1, 0.15) is 30.9 Å². The summed E-state index contributed by atoms with van der Waals surface area (Å²) in [6, 6.07) is 11.5. The Kier molecular flexibility index (Phi) is 5.48. The predicted octanol–water partition coefficient (Wildman–Crippen LogP) is 3.44. The van der Waals surface area contributed by atoms with E-state index in [0.29, 0.717) is 22.9 Å². The molecule has 0 radical (unpaired) electrons. The van der Waals surface area contributed by atoms with E-state index in [9.17, 15) is 18.3 Å². The number of fused-ring (bicyclic) bond motifs is 1. The summed E-state index contributed by atoms with van der Waals surface area (Å²) < 4.78 is 28.1. The molecule has 0 atom stereocenters. The monoisotopic (exact) mass is 385 g/mol. The SMILES string of the molecule is CCCCn1cc(S(=O)(=O)c2ccc(C)cc2)c2cc(CO)ccc2c1=O. The molecule has 5 nitrogen and oxygen atoms in total. The van der Waals surface area contributed by atoms with E-state index in [1.165, 1.54) is 10.8 Å². The largest absolute Gasteiger partial charge is 0.392 e. The summed E-state index contributed by atoms with van der Waals surface area (Å²) >= 11 is 0. The van der Waals surface area contributed by atoms with Gasteiger partial charge in [-0.2, -0.15) is 0 Å². The third-order valence-electron chi connectivity index (χ3n) is 4.67. The van der Waals surface area contributed by atoms with E-state index >= 15 is 0 Å². The summed E-state index contributed by atoms with van der Waals surface area (Å²) in [5.41, 5.74) is 1.31. The Hall–Kier alpha value is -2.44. The predicted molar refractivity (Wildman–Crippen MR) is 106 cm³/mol. The lowest BCUT2D eigenvalue weighted by molar-refractivity contribution is 0.282. The van der Waals surface area contributed by atoms with Crippen LogP contribution in [0.5, 0.6) is 0 Å². The van der Waals surface area contributed by atoms with E-state index in [1.807, 2.05) is 13.8 Å². The van der Waals surface area contributed by atoms with Crippen LogP contribution in [0.2, 0.25) is 0 Å². The molecule has 2 aromatic carbocycles. The molecule has 0 aliphatic carbocycles. The standard InChI is InChI=1S/C21H23NO4S/c1-3-4-11-22-13-20(27(25,26)17-8-5-15(2)6-9-17)19-12-16(14-23)7-10-18(19)21(22)24/h5-10,12-13,23H,3-4,11,14H2,1-2H3. The van der Waals surface area contributed by atoms with Gasteiger partial charge in [0.2, 0.25) is 9.84 Å². The maximum atomic E-state index is 13.3. The van der Waals surface area contributed by atoms with Crippen molar-refractivity contribution in [1.29, 1.82) is 0 Å². The number of aromatic nitrogens is 1. The van der Waals surface area contributed by atoms with Crippen molar-refractivity contribution in [2.75, 3.05) is 0 Å². The Balaban J connectivity index is 2.33. The molecule has 0 saturated heterocycles. The lowest BCUT2D eigenvalue weighted by Crippen LogP contribution is -2.22. The van der Waals surface area contributed by atoms with Gasteiger partial charge in [0.25, 0.3) is 5.56 Å². The number of hydrogen-bond donors (Lipinski definition) is 1. The summed E-state index contributed by atoms with van der Waals surface area (Å²) in [5.74, 6) is 0. The maximum absolute atomic E-state index is 13.3. The minimum absolute atomic E-state index is 0.0901. The molecule has 1 N–H and O–H groups in total. The molecule has 0 saturated carbocycles. The molecule has 6 heteroatoms. The highest BCUT2D eigenvalue weighted by atomic mass is 32.2. The van der Waals surface area contributed by atoms with Crippen molar-refractivity contribution in [3.8, 4) is 0 Å². The Morgan fingerprint density at radius 2 is 1.74 bits per heavy atom. The summed E-state index contributed by atoms with van der Waals surface area (Å²) in [4.78, 5) is 13.1. The van der Waals surface area contributed by atoms with Crippen molar-refractivity contribution >= 4 is 20.6 Å². The topological polar surface area (TPSA) is 76.4 Å². The van der Waals surface area contributed by atoms with E-state index < -0.39 is 9.84 Å². The van der Waals surface area contributed by atoms with Crippen LogP contribution in [0.3, 0.4) is 0 Å². The lowest BCUT2D eigenvalue weighted by Gasteiger charge is -2.14. The number of pyridine rings is 1. The summed E-state index contributed by atoms with van der Waals surface area (Å²) in [6.07, 6.45) is 3.12. The van der Waals surface area contributed by atoms with E-state index in [1.54, 1.807) is 42.5 Å². The number of sulfone groups is 1. The normalized spacial score (nSPS) is 11.8. The van der Waals surface area contributed by atoms with Crippen molar-refractivity contribution in [3.05, 3.63) is 70.1 Å². The Morgan fingerprint density at radius 1 is 1.04 bits per heavy atom. The molecule has 3 aromatic rings. The second-order valence-electron chi connectivity index (χ2n) is 6.70. The fraction of sp³-hybridized carbons (Fsp3) is 0.286. The molecule has 0 amide bonds. The van der Waals surface area contributed by atoms with Crippen molar-refractivity contribution in [1.82, 2.24) is 4.57 Å². The molecule has 0 aliphatic rings. The van der Waals surface area contributed by atoms with Crippen LogP contribution in [0, 0.1) is 6.92 Å². The van der Waals surface area contributed by atoms with Crippen molar-refractivity contribution in [3.63, 3.8) is 0 Å². The van der Waals surface area contributed by atoms with Gasteiger partial charge in [-0.05, 0) is 43.2 Å². The van der Waals surface area contributed by atoms with Crippen LogP contribution in [-0.2, 0) is 23.0 Å². The highest BCUT2D eigenvalue weighted by Gasteiger charge is 2.23. The molecule has 0 bridgehead atoms. The van der Waals surface area contributed by atoms with Gasteiger partial charge in [-0.25, -0.2) is 8.42 Å². The molecule has 1 aromatic heterocycles. The summed E-state index contributed by atoms with van der Waals surface area (Å²) in [6.45, 7) is 4.15. The van der Waals surface area contributed by atoms with Crippen molar-refractivity contribution < 1.29 is 13.5 Å². The average molecular weight is 385 g/mol. The van der Waals surface area contributed by atoms with Crippen molar-refractivity contribution in [2.45, 2.75) is 49.6 Å². The molecular formula is C21H23NO4S. The van der Waals surface area contributed by atoms with E-state index in [2.05, 4.69) is 0 Å². The van der Waals surface area contributed by atoms with Gasteiger partial charge in [0.1, 0.15) is 0 Å². The van der Waals surface area contributed by atoms with Crippen LogP contribution in [0.15, 0.2) is 63.2 Å². The third kappa shape index (κ3) is 3.68. The average Bonchev–Trinajstić information content (AvgIpc) is 2.67. The molecule has 0 spiro atoms. The minimum atomic E-state index is -3.81. The van der Waals surface area contributed by atoms with Gasteiger partial charge in [-0.15, -0.1) is 0 Å². The van der Waals surface area contributed by atoms with Gasteiger partial charge in [0, 0.05) is 23.5 Å². The van der Waals surface area contributed by atoms with E-state index in [0.717, 1.165) is 18.4 Å². The quantitative estimate of drug-likeness (QED) is 0.705. The first-order valence-electron chi connectivity index (χ1n) is 8.97. The summed E-state index contributed by atoms with van der Waals surface area (Å²) in [7, 11) is -3.81. The molecule has 142 valence electrons. The maximum Gasteiger partial charge on any atom is 0.258 e. The minimum Gasteiger partial charge on any atom is -0.392 e. The first-order chi connectivity index (χ1) is 12.9. The fourth-order valence-electron chi connectivity index (χ4n) is 3.06. The van der Waals surface area contributed by atoms with E-state index in [4.69, 9.17) is 0 Å². The molecule has 3 rings (SSSR count). The van der Waals surface area contributed by atoms with Gasteiger partial charge in [-0.1, -0.05) is 37.1 Å². The van der Waals surface area contributed by atoms with Gasteiger partial charge in [-0.3, -0.25) is 4.79 Å². The van der Waals surface area contributed by atoms with Crippen LogP contribution < -0.4 is 5.56 Å². The van der Waals surface area contributed by atoms with Gasteiger partial charge >= 0.3 is 0 Å². The van der Waals surface area contributed by atoms with E-state index in [-0.39, 0.29) is 22.0 Å². The Labute approximate surface area is 158 Å². The van der Waals surface area contributed by atoms with Crippen LogP contribution in [0.25, 0.3) is 10.8 Å². The highest BCUT2D eigenvalue weighted by molar-refractivity contribution is 7.91. The number of unbranched alkanes of at least 4 members (excludes halogenated alkanes) is 1. The molecule has 0 fully saturated rings. The molecule has 0 aliphatic heterocycles. The van der Waals surface area contributed by atoms with Crippen LogP contribution in [0.4, 0.5) is 0 Å². The third-order valence-corrected chi connectivity index (χ3v) is 6.47. The van der Waals surface area contributed by atoms with Gasteiger partial charge in [0.15, 0.2) is 0 Å². The highest BCUT2D eigenvalue weighted by Crippen LogP contribution is 2.28. The first-order valence-corrected chi connectivity index (χ1v) is 10.5. The number of nitrogens with zero attached hydrogens (tertiary/aromatic N) is 1. The Bertz CT molecular complexity index is 1130. The number of aliphatic hydroxyl groups excluding tert-OH is 1. The second-order valence-corrected chi connectivity index (χ2v) is 8.62. The number of aryl methyl sites for hydroxylation is 2. The second kappa shape index (κ2) is 7.66. The van der Waals surface area contributed by atoms with Gasteiger partial charge in [0.05, 0.1) is 16.4 Å². The zero-order valence-corrected chi connectivity index (χ0v) is 16.3. The van der Waals surface area contributed by atoms with Crippen LogP contribution >= 0.6 is 0 Å². The number of aliphatic hydroxyl groups is 1. The molecule has 1 heterocycles. The first kappa shape index (κ1) is 19.3. The number of hydrogen-bond acceptors (Lipinski definition) is 4. The van der Waals surface area contributed by atoms with Crippen molar-refractivity contribution in [2.24, 2.45) is 0 Å². The Morgan fingerprint density at radius 3 is 2.37 bits per heavy atom. The fourth-order valence-corrected chi connectivity index (χ4v) is 4.53. The molecule has 0 unspecified atom stereocenters. The van der Waals surface area contributed by atoms with Crippen LogP contribution in [-0.4, -0.2) is 18.1 Å². The number of benzene rings is 2. The lowest BCUT2D eigenvalue weighted by atomic mass is 10.1.